The summed E-state index contributed by atoms with van der Waals surface area (Å²) in [7, 11) is 0. The van der Waals surface area contributed by atoms with E-state index in [9.17, 15) is 9.90 Å². The van der Waals surface area contributed by atoms with E-state index < -0.39 is 0 Å². The predicted octanol–water partition coefficient (Wildman–Crippen LogP) is 2.43. The molecular weight excluding hydrogens is 178 g/mol. The number of benzene rings is 1. The van der Waals surface area contributed by atoms with Crippen LogP contribution in [0, 0.1) is 0 Å². The van der Waals surface area contributed by atoms with Crippen LogP contribution in [0.4, 0.5) is 5.69 Å². The molecule has 0 fully saturated rings. The molecule has 1 aromatic carbocycles. The first-order valence-electron chi connectivity index (χ1n) is 4.04. The number of aliphatic hydroxyl groups is 1. The third-order valence-electron chi connectivity index (χ3n) is 1.81. The van der Waals surface area contributed by atoms with Crippen LogP contribution < -0.4 is 5.32 Å². The Morgan fingerprint density at radius 2 is 2.21 bits per heavy atom. The van der Waals surface area contributed by atoms with Gasteiger partial charge < -0.3 is 10.4 Å². The quantitative estimate of drug-likeness (QED) is 0.564. The number of hydrogen-bond donors (Lipinski definition) is 2. The number of nitrogens with one attached hydrogen (secondary N) is 1. The fraction of sp³-hybridized carbons (Fsp3) is 0. The van der Waals surface area contributed by atoms with Crippen molar-refractivity contribution < 1.29 is 9.90 Å². The lowest BCUT2D eigenvalue weighted by Crippen LogP contribution is -1.95. The molecule has 14 heavy (non-hydrogen) atoms. The highest BCUT2D eigenvalue weighted by atomic mass is 16.3. The summed E-state index contributed by atoms with van der Waals surface area (Å²) in [5.74, 6) is -0.0162. The fourth-order valence-electron chi connectivity index (χ4n) is 1.15. The second-order valence-electron chi connectivity index (χ2n) is 2.72. The first kappa shape index (κ1) is 10.1. The summed E-state index contributed by atoms with van der Waals surface area (Å²) in [5.41, 5.74) is 1.99. The molecule has 2 N–H and O–H groups in total. The zero-order chi connectivity index (χ0) is 10.6. The Hall–Kier alpha value is -2.03. The van der Waals surface area contributed by atoms with Crippen molar-refractivity contribution in [1.29, 1.82) is 0 Å². The maximum atomic E-state index is 10.2. The number of hydrogen-bond acceptors (Lipinski definition) is 2. The first-order chi connectivity index (χ1) is 6.69. The number of aliphatic hydroxyl groups excluding tert-OH is 1. The molecule has 0 heterocycles. The summed E-state index contributed by atoms with van der Waals surface area (Å²) in [6, 6.07) is 5.06. The largest absolute Gasteiger partial charge is 0.508 e. The van der Waals surface area contributed by atoms with E-state index in [4.69, 9.17) is 0 Å². The lowest BCUT2D eigenvalue weighted by atomic mass is 10.1. The molecule has 1 aromatic rings. The number of rotatable bonds is 4. The van der Waals surface area contributed by atoms with Gasteiger partial charge in [0.15, 0.2) is 0 Å². The van der Waals surface area contributed by atoms with Crippen molar-refractivity contribution >= 4 is 23.9 Å². The van der Waals surface area contributed by atoms with Crippen LogP contribution in [0.15, 0.2) is 31.4 Å². The summed E-state index contributed by atoms with van der Waals surface area (Å²) < 4.78 is 0. The molecule has 3 heteroatoms. The number of amides is 1. The number of carbonyl (C=O) groups is 1. The summed E-state index contributed by atoms with van der Waals surface area (Å²) >= 11 is 0. The van der Waals surface area contributed by atoms with Gasteiger partial charge in [-0.2, -0.15) is 0 Å². The highest BCUT2D eigenvalue weighted by Crippen LogP contribution is 2.20. The van der Waals surface area contributed by atoms with Gasteiger partial charge in [-0.3, -0.25) is 4.79 Å². The summed E-state index contributed by atoms with van der Waals surface area (Å²) in [5, 5.41) is 11.7. The van der Waals surface area contributed by atoms with Gasteiger partial charge in [0.2, 0.25) is 6.41 Å². The van der Waals surface area contributed by atoms with Crippen molar-refractivity contribution in [2.45, 2.75) is 0 Å². The van der Waals surface area contributed by atoms with E-state index in [1.54, 1.807) is 24.3 Å². The monoisotopic (exact) mass is 189 g/mol. The summed E-state index contributed by atoms with van der Waals surface area (Å²) in [6.07, 6.45) is 2.18. The molecule has 0 unspecified atom stereocenters. The van der Waals surface area contributed by atoms with Crippen molar-refractivity contribution in [3.05, 3.63) is 42.5 Å². The van der Waals surface area contributed by atoms with Crippen LogP contribution in [0.2, 0.25) is 0 Å². The van der Waals surface area contributed by atoms with Crippen LogP contribution in [0.1, 0.15) is 11.1 Å². The Morgan fingerprint density at radius 1 is 1.50 bits per heavy atom. The smallest absolute Gasteiger partial charge is 0.211 e. The molecule has 3 nitrogen and oxygen atoms in total. The van der Waals surface area contributed by atoms with Crippen LogP contribution in [-0.2, 0) is 4.79 Å². The van der Waals surface area contributed by atoms with Crippen molar-refractivity contribution in [3.8, 4) is 0 Å². The van der Waals surface area contributed by atoms with Crippen molar-refractivity contribution in [3.63, 3.8) is 0 Å². The minimum absolute atomic E-state index is 0.0162. The molecule has 72 valence electrons. The minimum Gasteiger partial charge on any atom is -0.508 e. The molecule has 0 aliphatic heterocycles. The lowest BCUT2D eigenvalue weighted by molar-refractivity contribution is -0.105. The maximum Gasteiger partial charge on any atom is 0.211 e. The molecule has 1 amide bonds. The topological polar surface area (TPSA) is 49.3 Å². The Labute approximate surface area is 82.4 Å². The van der Waals surface area contributed by atoms with E-state index in [-0.39, 0.29) is 5.76 Å². The highest BCUT2D eigenvalue weighted by Gasteiger charge is 2.02. The van der Waals surface area contributed by atoms with Crippen LogP contribution in [0.25, 0.3) is 11.8 Å². The van der Waals surface area contributed by atoms with Gasteiger partial charge in [-0.25, -0.2) is 0 Å². The number of carbonyl (C=O) groups excluding carboxylic acids is 1. The van der Waals surface area contributed by atoms with Gasteiger partial charge in [0.25, 0.3) is 0 Å². The average Bonchev–Trinajstić information content (AvgIpc) is 2.17. The molecule has 0 aliphatic carbocycles. The van der Waals surface area contributed by atoms with E-state index in [1.165, 1.54) is 0 Å². The molecule has 0 atom stereocenters. The fourth-order valence-corrected chi connectivity index (χ4v) is 1.15. The van der Waals surface area contributed by atoms with E-state index >= 15 is 0 Å². The van der Waals surface area contributed by atoms with Gasteiger partial charge in [-0.15, -0.1) is 0 Å². The van der Waals surface area contributed by atoms with Crippen molar-refractivity contribution in [2.24, 2.45) is 0 Å². The molecule has 0 radical (unpaired) electrons. The molecule has 0 spiro atoms. The minimum atomic E-state index is -0.0162. The Balaban J connectivity index is 3.17. The first-order valence-corrected chi connectivity index (χ1v) is 4.04. The Kier molecular flexibility index (Phi) is 3.07. The summed E-state index contributed by atoms with van der Waals surface area (Å²) in [6.45, 7) is 7.03. The number of anilines is 1. The standard InChI is InChI=1S/C11H11NO2/c1-3-9-6-10(12-7-13)4-5-11(9)8(2)14/h3-7,14H,1-2H2,(H,12,13). The Morgan fingerprint density at radius 3 is 2.71 bits per heavy atom. The maximum absolute atomic E-state index is 10.2. The molecule has 0 aliphatic rings. The second-order valence-corrected chi connectivity index (χ2v) is 2.72. The van der Waals surface area contributed by atoms with E-state index in [2.05, 4.69) is 18.5 Å². The van der Waals surface area contributed by atoms with E-state index in [1.807, 2.05) is 0 Å². The van der Waals surface area contributed by atoms with Gasteiger partial charge in [-0.1, -0.05) is 19.2 Å². The normalized spacial score (nSPS) is 9.14. The van der Waals surface area contributed by atoms with Gasteiger partial charge in [0.1, 0.15) is 5.76 Å². The molecular formula is C11H11NO2. The molecule has 0 saturated heterocycles. The predicted molar refractivity (Wildman–Crippen MR) is 57.9 cm³/mol. The third kappa shape index (κ3) is 2.01. The van der Waals surface area contributed by atoms with Gasteiger partial charge in [0.05, 0.1) is 0 Å². The molecule has 0 saturated carbocycles. The van der Waals surface area contributed by atoms with E-state index in [0.717, 1.165) is 5.56 Å². The zero-order valence-electron chi connectivity index (χ0n) is 7.66. The van der Waals surface area contributed by atoms with Crippen molar-refractivity contribution in [1.82, 2.24) is 0 Å². The highest BCUT2D eigenvalue weighted by molar-refractivity contribution is 5.77. The molecule has 1 rings (SSSR count). The van der Waals surface area contributed by atoms with Crippen LogP contribution in [-0.4, -0.2) is 11.5 Å². The SMILES string of the molecule is C=Cc1cc(NC=O)ccc1C(=C)O. The molecule has 0 aromatic heterocycles. The van der Waals surface area contributed by atoms with Crippen LogP contribution in [0.3, 0.4) is 0 Å². The van der Waals surface area contributed by atoms with Crippen molar-refractivity contribution in [2.75, 3.05) is 5.32 Å². The van der Waals surface area contributed by atoms with Crippen LogP contribution >= 0.6 is 0 Å². The molecule has 0 bridgehead atoms. The third-order valence-corrected chi connectivity index (χ3v) is 1.81. The van der Waals surface area contributed by atoms with Gasteiger partial charge >= 0.3 is 0 Å². The average molecular weight is 189 g/mol. The second kappa shape index (κ2) is 4.28. The van der Waals surface area contributed by atoms with Crippen LogP contribution in [0.5, 0.6) is 0 Å². The van der Waals surface area contributed by atoms with Gasteiger partial charge in [0, 0.05) is 11.3 Å². The summed E-state index contributed by atoms with van der Waals surface area (Å²) in [4.78, 5) is 10.2. The zero-order valence-corrected chi connectivity index (χ0v) is 7.66. The Bertz CT molecular complexity index is 383. The van der Waals surface area contributed by atoms with E-state index in [0.29, 0.717) is 17.7 Å². The lowest BCUT2D eigenvalue weighted by Gasteiger charge is -2.06. The van der Waals surface area contributed by atoms with Gasteiger partial charge in [-0.05, 0) is 23.8 Å².